The van der Waals surface area contributed by atoms with Crippen LogP contribution >= 0.6 is 15.9 Å². The van der Waals surface area contributed by atoms with Crippen LogP contribution in [0.3, 0.4) is 0 Å². The molecule has 0 N–H and O–H groups in total. The minimum absolute atomic E-state index is 0.0696. The van der Waals surface area contributed by atoms with Crippen molar-refractivity contribution in [2.45, 2.75) is 25.2 Å². The highest BCUT2D eigenvalue weighted by molar-refractivity contribution is 9.10. The average molecular weight is 322 g/mol. The molecule has 1 saturated heterocycles. The second kappa shape index (κ2) is 5.61. The van der Waals surface area contributed by atoms with E-state index in [1.807, 2.05) is 11.0 Å². The summed E-state index contributed by atoms with van der Waals surface area (Å²) in [6.07, 6.45) is 0.543. The number of likely N-dealkylation sites (tertiary alicyclic amines) is 1. The first kappa shape index (κ1) is 13.9. The maximum atomic E-state index is 13.2. The molecule has 1 aliphatic rings. The lowest BCUT2D eigenvalue weighted by Crippen LogP contribution is -2.40. The van der Waals surface area contributed by atoms with Gasteiger partial charge in [0.25, 0.3) is 5.92 Å². The van der Waals surface area contributed by atoms with Gasteiger partial charge in [-0.3, -0.25) is 0 Å². The molecule has 1 nitrogen and oxygen atoms in total. The molecule has 0 radical (unpaired) electrons. The van der Waals surface area contributed by atoms with Gasteiger partial charge in [0, 0.05) is 36.9 Å². The number of benzene rings is 1. The van der Waals surface area contributed by atoms with E-state index in [2.05, 4.69) is 15.9 Å². The monoisotopic (exact) mass is 321 g/mol. The third kappa shape index (κ3) is 3.99. The van der Waals surface area contributed by atoms with Crippen LogP contribution in [0.1, 0.15) is 18.4 Å². The zero-order valence-electron chi connectivity index (χ0n) is 9.93. The Labute approximate surface area is 113 Å². The molecule has 0 aromatic heterocycles. The lowest BCUT2D eigenvalue weighted by molar-refractivity contribution is -0.0548. The minimum Gasteiger partial charge on any atom is -0.303 e. The fourth-order valence-corrected chi connectivity index (χ4v) is 2.66. The molecule has 2 rings (SSSR count). The van der Waals surface area contributed by atoms with Gasteiger partial charge in [-0.2, -0.15) is 0 Å². The highest BCUT2D eigenvalue weighted by atomic mass is 79.9. The SMILES string of the molecule is Fc1cc(Br)cc(CCN2CCC(F)(F)CC2)c1. The molecule has 18 heavy (non-hydrogen) atoms. The minimum atomic E-state index is -2.50. The molecule has 1 aromatic rings. The normalized spacial score (nSPS) is 20.0. The zero-order chi connectivity index (χ0) is 13.2. The summed E-state index contributed by atoms with van der Waals surface area (Å²) in [5.74, 6) is -2.78. The van der Waals surface area contributed by atoms with Crippen molar-refractivity contribution in [2.75, 3.05) is 19.6 Å². The van der Waals surface area contributed by atoms with E-state index < -0.39 is 5.92 Å². The largest absolute Gasteiger partial charge is 0.303 e. The van der Waals surface area contributed by atoms with E-state index in [-0.39, 0.29) is 18.7 Å². The van der Waals surface area contributed by atoms with Crippen molar-refractivity contribution in [3.05, 3.63) is 34.1 Å². The van der Waals surface area contributed by atoms with Gasteiger partial charge in [0.05, 0.1) is 0 Å². The number of rotatable bonds is 3. The zero-order valence-corrected chi connectivity index (χ0v) is 11.5. The van der Waals surface area contributed by atoms with Gasteiger partial charge < -0.3 is 4.90 Å². The number of hydrogen-bond donors (Lipinski definition) is 0. The molecule has 100 valence electrons. The number of alkyl halides is 2. The third-order valence-corrected chi connectivity index (χ3v) is 3.68. The summed E-state index contributed by atoms with van der Waals surface area (Å²) in [7, 11) is 0. The maximum Gasteiger partial charge on any atom is 0.250 e. The Balaban J connectivity index is 1.85. The summed E-state index contributed by atoms with van der Waals surface area (Å²) >= 11 is 3.24. The van der Waals surface area contributed by atoms with Crippen molar-refractivity contribution < 1.29 is 13.2 Å². The maximum absolute atomic E-state index is 13.2. The summed E-state index contributed by atoms with van der Waals surface area (Å²) < 4.78 is 39.8. The van der Waals surface area contributed by atoms with Crippen LogP contribution in [0, 0.1) is 5.82 Å². The van der Waals surface area contributed by atoms with E-state index in [4.69, 9.17) is 0 Å². The summed E-state index contributed by atoms with van der Waals surface area (Å²) in [6.45, 7) is 1.54. The van der Waals surface area contributed by atoms with Gasteiger partial charge in [0.2, 0.25) is 0 Å². The summed E-state index contributed by atoms with van der Waals surface area (Å²) in [5, 5.41) is 0. The molecule has 0 amide bonds. The molecule has 0 saturated carbocycles. The lowest BCUT2D eigenvalue weighted by Gasteiger charge is -2.31. The molecule has 0 atom stereocenters. The predicted octanol–water partition coefficient (Wildman–Crippen LogP) is 3.86. The first-order valence-corrected chi connectivity index (χ1v) is 6.79. The van der Waals surface area contributed by atoms with E-state index in [1.165, 1.54) is 12.1 Å². The Kier molecular flexibility index (Phi) is 4.33. The molecule has 0 aliphatic carbocycles. The van der Waals surface area contributed by atoms with Crippen LogP contribution in [0.4, 0.5) is 13.2 Å². The van der Waals surface area contributed by atoms with Crippen LogP contribution in [0.15, 0.2) is 22.7 Å². The van der Waals surface area contributed by atoms with Crippen molar-refractivity contribution in [1.29, 1.82) is 0 Å². The van der Waals surface area contributed by atoms with Gasteiger partial charge in [0.1, 0.15) is 5.82 Å². The molecule has 0 spiro atoms. The van der Waals surface area contributed by atoms with Gasteiger partial charge in [-0.25, -0.2) is 13.2 Å². The van der Waals surface area contributed by atoms with E-state index >= 15 is 0 Å². The number of hydrogen-bond acceptors (Lipinski definition) is 1. The van der Waals surface area contributed by atoms with Gasteiger partial charge >= 0.3 is 0 Å². The Bertz CT molecular complexity index is 392. The molecule has 1 aromatic carbocycles. The van der Waals surface area contributed by atoms with Crippen LogP contribution in [0.2, 0.25) is 0 Å². The van der Waals surface area contributed by atoms with E-state index in [0.29, 0.717) is 30.5 Å². The van der Waals surface area contributed by atoms with Gasteiger partial charge in [0.15, 0.2) is 0 Å². The number of piperidine rings is 1. The van der Waals surface area contributed by atoms with E-state index in [1.54, 1.807) is 0 Å². The molecule has 1 heterocycles. The van der Waals surface area contributed by atoms with E-state index in [0.717, 1.165) is 5.56 Å². The summed E-state index contributed by atoms with van der Waals surface area (Å²) in [6, 6.07) is 4.76. The third-order valence-electron chi connectivity index (χ3n) is 3.23. The van der Waals surface area contributed by atoms with E-state index in [9.17, 15) is 13.2 Å². The molecular formula is C13H15BrF3N. The van der Waals surface area contributed by atoms with Crippen LogP contribution in [0.5, 0.6) is 0 Å². The number of nitrogens with zero attached hydrogens (tertiary/aromatic N) is 1. The van der Waals surface area contributed by atoms with Crippen LogP contribution < -0.4 is 0 Å². The molecule has 1 aliphatic heterocycles. The predicted molar refractivity (Wildman–Crippen MR) is 68.4 cm³/mol. The molecule has 1 fully saturated rings. The standard InChI is InChI=1S/C13H15BrF3N/c14-11-7-10(8-12(15)9-11)1-4-18-5-2-13(16,17)3-6-18/h7-9H,1-6H2. The quantitative estimate of drug-likeness (QED) is 0.817. The van der Waals surface area contributed by atoms with Gasteiger partial charge in [-0.05, 0) is 30.2 Å². The van der Waals surface area contributed by atoms with Crippen molar-refractivity contribution in [1.82, 2.24) is 4.90 Å². The van der Waals surface area contributed by atoms with Crippen molar-refractivity contribution in [3.8, 4) is 0 Å². The molecule has 0 bridgehead atoms. The highest BCUT2D eigenvalue weighted by Crippen LogP contribution is 2.27. The topological polar surface area (TPSA) is 3.24 Å². The van der Waals surface area contributed by atoms with Crippen LogP contribution in [0.25, 0.3) is 0 Å². The van der Waals surface area contributed by atoms with Crippen LogP contribution in [-0.4, -0.2) is 30.5 Å². The van der Waals surface area contributed by atoms with Gasteiger partial charge in [-0.1, -0.05) is 15.9 Å². The Morgan fingerprint density at radius 2 is 1.83 bits per heavy atom. The van der Waals surface area contributed by atoms with Gasteiger partial charge in [-0.15, -0.1) is 0 Å². The average Bonchev–Trinajstić information content (AvgIpc) is 2.26. The second-order valence-corrected chi connectivity index (χ2v) is 5.64. The number of halogens is 4. The fourth-order valence-electron chi connectivity index (χ4n) is 2.15. The first-order valence-electron chi connectivity index (χ1n) is 6.00. The summed E-state index contributed by atoms with van der Waals surface area (Å²) in [4.78, 5) is 2.01. The Morgan fingerprint density at radius 1 is 1.17 bits per heavy atom. The molecule has 5 heteroatoms. The Hall–Kier alpha value is -0.550. The van der Waals surface area contributed by atoms with Crippen molar-refractivity contribution >= 4 is 15.9 Å². The Morgan fingerprint density at radius 3 is 2.44 bits per heavy atom. The molecular weight excluding hydrogens is 307 g/mol. The first-order chi connectivity index (χ1) is 8.44. The fraction of sp³-hybridized carbons (Fsp3) is 0.538. The van der Waals surface area contributed by atoms with Crippen LogP contribution in [-0.2, 0) is 6.42 Å². The van der Waals surface area contributed by atoms with Crippen molar-refractivity contribution in [2.24, 2.45) is 0 Å². The lowest BCUT2D eigenvalue weighted by atomic mass is 10.1. The summed E-state index contributed by atoms with van der Waals surface area (Å²) in [5.41, 5.74) is 0.888. The van der Waals surface area contributed by atoms with Crippen molar-refractivity contribution in [3.63, 3.8) is 0 Å². The smallest absolute Gasteiger partial charge is 0.250 e. The highest BCUT2D eigenvalue weighted by Gasteiger charge is 2.33. The molecule has 0 unspecified atom stereocenters. The second-order valence-electron chi connectivity index (χ2n) is 4.73.